The molecule has 6 nitrogen and oxygen atoms in total. The first kappa shape index (κ1) is 18.7. The van der Waals surface area contributed by atoms with Gasteiger partial charge in [0.15, 0.2) is 0 Å². The fraction of sp³-hybridized carbons (Fsp3) is 0.875. The Bertz CT molecular complexity index is 382. The second-order valence-corrected chi connectivity index (χ2v) is 6.68. The molecule has 1 amide bonds. The highest BCUT2D eigenvalue weighted by Crippen LogP contribution is 2.36. The van der Waals surface area contributed by atoms with Crippen molar-refractivity contribution in [2.45, 2.75) is 77.5 Å². The Morgan fingerprint density at radius 2 is 1.86 bits per heavy atom. The Morgan fingerprint density at radius 3 is 2.36 bits per heavy atom. The molecule has 0 unspecified atom stereocenters. The number of amides is 1. The van der Waals surface area contributed by atoms with E-state index in [4.69, 9.17) is 14.2 Å². The molecule has 22 heavy (non-hydrogen) atoms. The molecule has 6 heteroatoms. The lowest BCUT2D eigenvalue weighted by Crippen LogP contribution is -2.65. The molecule has 0 aliphatic heterocycles. The molecule has 1 rings (SSSR count). The maximum absolute atomic E-state index is 12.2. The number of nitrogens with one attached hydrogen (secondary N) is 1. The molecule has 128 valence electrons. The van der Waals surface area contributed by atoms with E-state index in [9.17, 15) is 9.59 Å². The maximum atomic E-state index is 12.2. The van der Waals surface area contributed by atoms with Gasteiger partial charge in [0.05, 0.1) is 12.7 Å². The van der Waals surface area contributed by atoms with E-state index in [0.717, 1.165) is 12.8 Å². The van der Waals surface area contributed by atoms with Crippen LogP contribution in [0.4, 0.5) is 4.79 Å². The Hall–Kier alpha value is -1.30. The highest BCUT2D eigenvalue weighted by atomic mass is 16.6. The lowest BCUT2D eigenvalue weighted by Gasteiger charge is -2.45. The standard InChI is InChI=1S/C16H29NO5/c1-6-8-9-21-12-10-16(11-12,13(18)20-7-2)17-14(19)22-15(3,4)5/h12H,6-11H2,1-5H3,(H,17,19)/t12-,16+. The van der Waals surface area contributed by atoms with Gasteiger partial charge in [-0.15, -0.1) is 0 Å². The van der Waals surface area contributed by atoms with Gasteiger partial charge in [-0.2, -0.15) is 0 Å². The topological polar surface area (TPSA) is 73.9 Å². The summed E-state index contributed by atoms with van der Waals surface area (Å²) in [5.41, 5.74) is -1.63. The molecule has 1 fully saturated rings. The zero-order chi connectivity index (χ0) is 16.8. The van der Waals surface area contributed by atoms with Crippen molar-refractivity contribution in [1.82, 2.24) is 5.32 Å². The first-order chi connectivity index (χ1) is 10.2. The predicted octanol–water partition coefficient (Wildman–Crippen LogP) is 2.79. The van der Waals surface area contributed by atoms with Crippen LogP contribution in [-0.2, 0) is 19.0 Å². The van der Waals surface area contributed by atoms with Gasteiger partial charge in [-0.05, 0) is 34.1 Å². The zero-order valence-corrected chi connectivity index (χ0v) is 14.4. The van der Waals surface area contributed by atoms with Crippen LogP contribution in [0.3, 0.4) is 0 Å². The second-order valence-electron chi connectivity index (χ2n) is 6.68. The fourth-order valence-corrected chi connectivity index (χ4v) is 2.32. The number of hydrogen-bond acceptors (Lipinski definition) is 5. The summed E-state index contributed by atoms with van der Waals surface area (Å²) in [6.45, 7) is 10.1. The number of rotatable bonds is 7. The van der Waals surface area contributed by atoms with E-state index in [2.05, 4.69) is 12.2 Å². The minimum Gasteiger partial charge on any atom is -0.464 e. The third-order valence-corrected chi connectivity index (χ3v) is 3.41. The lowest BCUT2D eigenvalue weighted by atomic mass is 9.74. The van der Waals surface area contributed by atoms with Crippen LogP contribution in [-0.4, -0.2) is 42.5 Å². The van der Waals surface area contributed by atoms with E-state index in [1.807, 2.05) is 0 Å². The third-order valence-electron chi connectivity index (χ3n) is 3.41. The molecule has 0 heterocycles. The summed E-state index contributed by atoms with van der Waals surface area (Å²) in [7, 11) is 0. The smallest absolute Gasteiger partial charge is 0.408 e. The minimum atomic E-state index is -1.02. The van der Waals surface area contributed by atoms with Crippen molar-refractivity contribution < 1.29 is 23.8 Å². The van der Waals surface area contributed by atoms with Gasteiger partial charge in [-0.1, -0.05) is 13.3 Å². The van der Waals surface area contributed by atoms with Crippen LogP contribution in [0.5, 0.6) is 0 Å². The van der Waals surface area contributed by atoms with Crippen LogP contribution < -0.4 is 5.32 Å². The van der Waals surface area contributed by atoms with Gasteiger partial charge in [0.25, 0.3) is 0 Å². The van der Waals surface area contributed by atoms with Crippen molar-refractivity contribution >= 4 is 12.1 Å². The van der Waals surface area contributed by atoms with E-state index in [0.29, 0.717) is 19.4 Å². The van der Waals surface area contributed by atoms with Crippen LogP contribution in [0.2, 0.25) is 0 Å². The molecule has 1 N–H and O–H groups in total. The molecule has 0 bridgehead atoms. The average Bonchev–Trinajstić information content (AvgIpc) is 2.33. The molecule has 0 radical (unpaired) electrons. The van der Waals surface area contributed by atoms with E-state index >= 15 is 0 Å². The maximum Gasteiger partial charge on any atom is 0.408 e. The summed E-state index contributed by atoms with van der Waals surface area (Å²) in [6.07, 6.45) is 2.27. The van der Waals surface area contributed by atoms with Crippen molar-refractivity contribution in [2.24, 2.45) is 0 Å². The third kappa shape index (κ3) is 5.48. The number of unbranched alkanes of at least 4 members (excludes halogenated alkanes) is 1. The Kier molecular flexibility index (Phi) is 6.66. The van der Waals surface area contributed by atoms with E-state index < -0.39 is 23.2 Å². The summed E-state index contributed by atoms with van der Waals surface area (Å²) in [5.74, 6) is -0.420. The van der Waals surface area contributed by atoms with Gasteiger partial charge in [0.2, 0.25) is 0 Å². The normalized spacial score (nSPS) is 24.3. The summed E-state index contributed by atoms with van der Waals surface area (Å²) >= 11 is 0. The van der Waals surface area contributed by atoms with Crippen LogP contribution in [0, 0.1) is 0 Å². The number of carbonyl (C=O) groups is 2. The van der Waals surface area contributed by atoms with Gasteiger partial charge in [0.1, 0.15) is 11.1 Å². The van der Waals surface area contributed by atoms with Crippen LogP contribution in [0.1, 0.15) is 60.3 Å². The summed E-state index contributed by atoms with van der Waals surface area (Å²) in [5, 5.41) is 2.68. The molecule has 1 aliphatic rings. The zero-order valence-electron chi connectivity index (χ0n) is 14.4. The van der Waals surface area contributed by atoms with Crippen molar-refractivity contribution in [1.29, 1.82) is 0 Å². The van der Waals surface area contributed by atoms with Gasteiger partial charge in [-0.25, -0.2) is 9.59 Å². The van der Waals surface area contributed by atoms with Crippen LogP contribution in [0.25, 0.3) is 0 Å². The van der Waals surface area contributed by atoms with E-state index in [-0.39, 0.29) is 12.7 Å². The fourth-order valence-electron chi connectivity index (χ4n) is 2.32. The monoisotopic (exact) mass is 315 g/mol. The lowest BCUT2D eigenvalue weighted by molar-refractivity contribution is -0.164. The number of hydrogen-bond donors (Lipinski definition) is 1. The van der Waals surface area contributed by atoms with Gasteiger partial charge in [-0.3, -0.25) is 0 Å². The van der Waals surface area contributed by atoms with E-state index in [1.165, 1.54) is 0 Å². The summed E-state index contributed by atoms with van der Waals surface area (Å²) < 4.78 is 16.0. The number of esters is 1. The Labute approximate surface area is 132 Å². The molecule has 0 atom stereocenters. The number of ether oxygens (including phenoxy) is 3. The highest BCUT2D eigenvalue weighted by molar-refractivity contribution is 5.87. The van der Waals surface area contributed by atoms with Crippen LogP contribution in [0.15, 0.2) is 0 Å². The molecular weight excluding hydrogens is 286 g/mol. The molecule has 0 saturated heterocycles. The molecule has 0 aromatic heterocycles. The van der Waals surface area contributed by atoms with Gasteiger partial charge >= 0.3 is 12.1 Å². The predicted molar refractivity (Wildman–Crippen MR) is 82.6 cm³/mol. The quantitative estimate of drug-likeness (QED) is 0.577. The van der Waals surface area contributed by atoms with Crippen molar-refractivity contribution in [3.8, 4) is 0 Å². The summed E-state index contributed by atoms with van der Waals surface area (Å²) in [6, 6.07) is 0. The van der Waals surface area contributed by atoms with Crippen molar-refractivity contribution in [3.63, 3.8) is 0 Å². The van der Waals surface area contributed by atoms with Crippen LogP contribution >= 0.6 is 0 Å². The summed E-state index contributed by atoms with van der Waals surface area (Å²) in [4.78, 5) is 24.1. The highest BCUT2D eigenvalue weighted by Gasteiger charge is 2.53. The number of carbonyl (C=O) groups excluding carboxylic acids is 2. The largest absolute Gasteiger partial charge is 0.464 e. The molecule has 0 aromatic rings. The van der Waals surface area contributed by atoms with Crippen molar-refractivity contribution in [3.05, 3.63) is 0 Å². The first-order valence-electron chi connectivity index (χ1n) is 8.02. The van der Waals surface area contributed by atoms with Crippen molar-refractivity contribution in [2.75, 3.05) is 13.2 Å². The molecule has 1 aliphatic carbocycles. The SMILES string of the molecule is CCCCO[C@H]1C[C@](NC(=O)OC(C)(C)C)(C(=O)OCC)C1. The molecule has 0 aromatic carbocycles. The molecule has 0 spiro atoms. The first-order valence-corrected chi connectivity index (χ1v) is 8.02. The number of alkyl carbamates (subject to hydrolysis) is 1. The molecule has 1 saturated carbocycles. The molecular formula is C16H29NO5. The Morgan fingerprint density at radius 1 is 1.23 bits per heavy atom. The van der Waals surface area contributed by atoms with Gasteiger partial charge < -0.3 is 19.5 Å². The van der Waals surface area contributed by atoms with Gasteiger partial charge in [0, 0.05) is 19.4 Å². The average molecular weight is 315 g/mol. The second kappa shape index (κ2) is 7.81. The minimum absolute atomic E-state index is 0.0223. The van der Waals surface area contributed by atoms with E-state index in [1.54, 1.807) is 27.7 Å². The Balaban J connectivity index is 2.59.